The van der Waals surface area contributed by atoms with Gasteiger partial charge in [-0.3, -0.25) is 0 Å². The fraction of sp³-hybridized carbons (Fsp3) is 0.438. The molecule has 0 unspecified atom stereocenters. The van der Waals surface area contributed by atoms with Crippen molar-refractivity contribution in [3.63, 3.8) is 0 Å². The van der Waals surface area contributed by atoms with Crippen LogP contribution in [0.15, 0.2) is 41.6 Å². The van der Waals surface area contributed by atoms with Gasteiger partial charge in [0, 0.05) is 36.4 Å². The molecular weight excluding hydrogens is 266 g/mol. The molecule has 0 spiro atoms. The van der Waals surface area contributed by atoms with E-state index in [1.165, 1.54) is 10.5 Å². The Morgan fingerprint density at radius 3 is 2.45 bits per heavy atom. The second kappa shape index (κ2) is 6.46. The molecule has 0 saturated carbocycles. The van der Waals surface area contributed by atoms with Crippen molar-refractivity contribution in [1.82, 2.24) is 14.9 Å². The first-order valence-corrected chi connectivity index (χ1v) is 7.85. The largest absolute Gasteiger partial charge is 0.337 e. The number of hydrogen-bond donors (Lipinski definition) is 1. The molecule has 0 saturated heterocycles. The highest BCUT2D eigenvalue weighted by molar-refractivity contribution is 7.98. The minimum absolute atomic E-state index is 0.158. The van der Waals surface area contributed by atoms with Gasteiger partial charge in [-0.25, -0.2) is 4.98 Å². The summed E-state index contributed by atoms with van der Waals surface area (Å²) in [6, 6.07) is 8.76. The summed E-state index contributed by atoms with van der Waals surface area (Å²) >= 11 is 1.82. The molecule has 1 N–H and O–H groups in total. The van der Waals surface area contributed by atoms with Crippen LogP contribution in [-0.4, -0.2) is 15.1 Å². The van der Waals surface area contributed by atoms with Gasteiger partial charge in [0.1, 0.15) is 5.82 Å². The van der Waals surface area contributed by atoms with Gasteiger partial charge in [-0.1, -0.05) is 12.1 Å². The highest BCUT2D eigenvalue weighted by Crippen LogP contribution is 2.22. The molecule has 0 aliphatic carbocycles. The number of benzene rings is 1. The Morgan fingerprint density at radius 2 is 1.90 bits per heavy atom. The van der Waals surface area contributed by atoms with E-state index in [9.17, 15) is 0 Å². The number of aromatic nitrogens is 2. The topological polar surface area (TPSA) is 29.9 Å². The Labute approximate surface area is 125 Å². The van der Waals surface area contributed by atoms with Crippen LogP contribution in [0.2, 0.25) is 0 Å². The summed E-state index contributed by atoms with van der Waals surface area (Å²) < 4.78 is 2.06. The van der Waals surface area contributed by atoms with Crippen LogP contribution >= 0.6 is 11.8 Å². The van der Waals surface area contributed by atoms with Crippen molar-refractivity contribution in [2.24, 2.45) is 7.05 Å². The van der Waals surface area contributed by atoms with Crippen LogP contribution in [0, 0.1) is 0 Å². The minimum atomic E-state index is 0.158. The summed E-state index contributed by atoms with van der Waals surface area (Å²) in [4.78, 5) is 5.62. The van der Waals surface area contributed by atoms with E-state index >= 15 is 0 Å². The predicted molar refractivity (Wildman–Crippen MR) is 85.8 cm³/mol. The lowest BCUT2D eigenvalue weighted by atomic mass is 10.1. The Bertz CT molecular complexity index is 538. The number of rotatable bonds is 5. The molecule has 0 atom stereocenters. The Balaban J connectivity index is 1.87. The van der Waals surface area contributed by atoms with Crippen LogP contribution in [0.3, 0.4) is 0 Å². The van der Waals surface area contributed by atoms with Crippen molar-refractivity contribution in [3.8, 4) is 0 Å². The lowest BCUT2D eigenvalue weighted by Crippen LogP contribution is -2.35. The van der Waals surface area contributed by atoms with Crippen molar-refractivity contribution in [1.29, 1.82) is 0 Å². The highest BCUT2D eigenvalue weighted by Gasteiger charge is 2.08. The number of thioether (sulfide) groups is 1. The first kappa shape index (κ1) is 15.1. The maximum absolute atomic E-state index is 4.34. The van der Waals surface area contributed by atoms with Crippen LogP contribution in [0.4, 0.5) is 0 Å². The number of hydrogen-bond acceptors (Lipinski definition) is 3. The second-order valence-corrected chi connectivity index (χ2v) is 7.04. The van der Waals surface area contributed by atoms with E-state index in [0.29, 0.717) is 0 Å². The molecule has 1 aromatic heterocycles. The van der Waals surface area contributed by atoms with Crippen molar-refractivity contribution in [2.75, 3.05) is 0 Å². The van der Waals surface area contributed by atoms with Crippen LogP contribution in [0.5, 0.6) is 0 Å². The molecule has 2 rings (SSSR count). The van der Waals surface area contributed by atoms with E-state index in [1.54, 1.807) is 0 Å². The maximum Gasteiger partial charge on any atom is 0.118 e. The zero-order valence-corrected chi connectivity index (χ0v) is 13.5. The first-order valence-electron chi connectivity index (χ1n) is 6.87. The maximum atomic E-state index is 4.34. The van der Waals surface area contributed by atoms with Gasteiger partial charge < -0.3 is 9.88 Å². The Hall–Kier alpha value is -1.26. The molecule has 0 aliphatic rings. The number of aryl methyl sites for hydroxylation is 1. The van der Waals surface area contributed by atoms with Crippen molar-refractivity contribution in [2.45, 2.75) is 43.5 Å². The average molecular weight is 289 g/mol. The van der Waals surface area contributed by atoms with Crippen LogP contribution in [0.25, 0.3) is 0 Å². The molecule has 0 amide bonds. The molecule has 3 nitrogen and oxygen atoms in total. The van der Waals surface area contributed by atoms with Gasteiger partial charge >= 0.3 is 0 Å². The molecule has 0 radical (unpaired) electrons. The van der Waals surface area contributed by atoms with Gasteiger partial charge in [0.05, 0.1) is 5.75 Å². The fourth-order valence-electron chi connectivity index (χ4n) is 1.75. The highest BCUT2D eigenvalue weighted by atomic mass is 32.2. The van der Waals surface area contributed by atoms with Gasteiger partial charge in [-0.15, -0.1) is 11.8 Å². The summed E-state index contributed by atoms with van der Waals surface area (Å²) in [6.07, 6.45) is 3.83. The van der Waals surface area contributed by atoms with E-state index in [0.717, 1.165) is 18.1 Å². The lowest BCUT2D eigenvalue weighted by molar-refractivity contribution is 0.424. The SMILES string of the molecule is Cn1ccnc1CSc1ccc(CNC(C)(C)C)cc1. The van der Waals surface area contributed by atoms with Crippen molar-refractivity contribution >= 4 is 11.8 Å². The molecular formula is C16H23N3S. The molecule has 108 valence electrons. The van der Waals surface area contributed by atoms with Crippen LogP contribution < -0.4 is 5.32 Å². The third-order valence-electron chi connectivity index (χ3n) is 3.04. The third-order valence-corrected chi connectivity index (χ3v) is 4.04. The van der Waals surface area contributed by atoms with Crippen LogP contribution in [-0.2, 0) is 19.3 Å². The number of imidazole rings is 1. The van der Waals surface area contributed by atoms with Gasteiger partial charge in [-0.2, -0.15) is 0 Å². The quantitative estimate of drug-likeness (QED) is 0.853. The normalized spacial score (nSPS) is 11.8. The van der Waals surface area contributed by atoms with Crippen molar-refractivity contribution in [3.05, 3.63) is 48.0 Å². The fourth-order valence-corrected chi connectivity index (χ4v) is 2.66. The molecule has 2 aromatic rings. The lowest BCUT2D eigenvalue weighted by Gasteiger charge is -2.20. The van der Waals surface area contributed by atoms with Gasteiger partial charge in [0.15, 0.2) is 0 Å². The van der Waals surface area contributed by atoms with E-state index in [-0.39, 0.29) is 5.54 Å². The van der Waals surface area contributed by atoms with E-state index < -0.39 is 0 Å². The van der Waals surface area contributed by atoms with E-state index in [1.807, 2.05) is 31.2 Å². The summed E-state index contributed by atoms with van der Waals surface area (Å²) in [5, 5.41) is 3.50. The van der Waals surface area contributed by atoms with Crippen LogP contribution in [0.1, 0.15) is 32.2 Å². The second-order valence-electron chi connectivity index (χ2n) is 5.99. The standard InChI is InChI=1S/C16H23N3S/c1-16(2,3)18-11-13-5-7-14(8-6-13)20-12-15-17-9-10-19(15)4/h5-10,18H,11-12H2,1-4H3. The summed E-state index contributed by atoms with van der Waals surface area (Å²) in [5.74, 6) is 2.01. The third kappa shape index (κ3) is 4.69. The predicted octanol–water partition coefficient (Wildman–Crippen LogP) is 3.60. The first-order chi connectivity index (χ1) is 9.44. The molecule has 1 heterocycles. The van der Waals surface area contributed by atoms with E-state index in [4.69, 9.17) is 0 Å². The summed E-state index contributed by atoms with van der Waals surface area (Å²) in [5.41, 5.74) is 1.48. The molecule has 1 aromatic carbocycles. The molecule has 0 bridgehead atoms. The monoisotopic (exact) mass is 289 g/mol. The number of nitrogens with one attached hydrogen (secondary N) is 1. The average Bonchev–Trinajstić information content (AvgIpc) is 2.80. The zero-order valence-electron chi connectivity index (χ0n) is 12.7. The van der Waals surface area contributed by atoms with Gasteiger partial charge in [-0.05, 0) is 38.5 Å². The molecule has 0 fully saturated rings. The van der Waals surface area contributed by atoms with Crippen molar-refractivity contribution < 1.29 is 0 Å². The molecule has 4 heteroatoms. The molecule has 20 heavy (non-hydrogen) atoms. The van der Waals surface area contributed by atoms with Gasteiger partial charge in [0.2, 0.25) is 0 Å². The summed E-state index contributed by atoms with van der Waals surface area (Å²) in [6.45, 7) is 7.46. The Morgan fingerprint density at radius 1 is 1.20 bits per heavy atom. The van der Waals surface area contributed by atoms with Gasteiger partial charge in [0.25, 0.3) is 0 Å². The van der Waals surface area contributed by atoms with E-state index in [2.05, 4.69) is 59.9 Å². The minimum Gasteiger partial charge on any atom is -0.337 e. The molecule has 0 aliphatic heterocycles. The smallest absolute Gasteiger partial charge is 0.118 e. The number of nitrogens with zero attached hydrogens (tertiary/aromatic N) is 2. The Kier molecular flexibility index (Phi) is 4.89. The zero-order chi connectivity index (χ0) is 14.6. The summed E-state index contributed by atoms with van der Waals surface area (Å²) in [7, 11) is 2.03.